The zero-order valence-corrected chi connectivity index (χ0v) is 7.75. The van der Waals surface area contributed by atoms with Crippen LogP contribution in [0.25, 0.3) is 0 Å². The number of halogens is 1. The molecule has 2 nitrogen and oxygen atoms in total. The van der Waals surface area contributed by atoms with E-state index in [2.05, 4.69) is 6.58 Å². The van der Waals surface area contributed by atoms with Gasteiger partial charge in [0.15, 0.2) is 0 Å². The van der Waals surface area contributed by atoms with E-state index in [1.54, 1.807) is 24.3 Å². The summed E-state index contributed by atoms with van der Waals surface area (Å²) in [5.74, 6) is 0. The van der Waals surface area contributed by atoms with Gasteiger partial charge in [-0.2, -0.15) is 5.26 Å². The Labute approximate surface area is 82.2 Å². The van der Waals surface area contributed by atoms with Crippen LogP contribution < -0.4 is 5.73 Å². The summed E-state index contributed by atoms with van der Waals surface area (Å²) in [6.07, 6.45) is 1.62. The van der Waals surface area contributed by atoms with Crippen LogP contribution in [0.5, 0.6) is 0 Å². The first-order chi connectivity index (χ1) is 6.19. The second kappa shape index (κ2) is 4.08. The molecule has 3 heteroatoms. The minimum atomic E-state index is -0.231. The van der Waals surface area contributed by atoms with Gasteiger partial charge in [-0.05, 0) is 17.7 Å². The second-order valence-corrected chi connectivity index (χ2v) is 3.02. The fraction of sp³-hybridized carbons (Fsp3) is 0.100. The second-order valence-electron chi connectivity index (χ2n) is 2.61. The quantitative estimate of drug-likeness (QED) is 0.732. The topological polar surface area (TPSA) is 49.8 Å². The van der Waals surface area contributed by atoms with Crippen molar-refractivity contribution in [1.29, 1.82) is 5.26 Å². The lowest BCUT2D eigenvalue weighted by molar-refractivity contribution is 0.914. The average Bonchev–Trinajstić information content (AvgIpc) is 2.16. The van der Waals surface area contributed by atoms with E-state index in [1.807, 2.05) is 6.07 Å². The van der Waals surface area contributed by atoms with Crippen LogP contribution in [0.15, 0.2) is 30.9 Å². The Morgan fingerprint density at radius 2 is 2.31 bits per heavy atom. The van der Waals surface area contributed by atoms with Crippen LogP contribution >= 0.6 is 11.6 Å². The van der Waals surface area contributed by atoms with Crippen molar-refractivity contribution in [3.05, 3.63) is 47.0 Å². The summed E-state index contributed by atoms with van der Waals surface area (Å²) in [5.41, 5.74) is 7.02. The summed E-state index contributed by atoms with van der Waals surface area (Å²) in [7, 11) is 0. The molecule has 1 aromatic carbocycles. The molecule has 2 N–H and O–H groups in total. The standard InChI is InChI=1S/C10H9ClN2/c1-2-10(13)7-3-4-8(6-12)9(11)5-7/h2-5,10H,1,13H2/t10-/m0/s1. The maximum absolute atomic E-state index is 8.62. The molecule has 1 atom stereocenters. The van der Waals surface area contributed by atoms with Crippen LogP contribution in [0.1, 0.15) is 17.2 Å². The highest BCUT2D eigenvalue weighted by Crippen LogP contribution is 2.20. The van der Waals surface area contributed by atoms with Gasteiger partial charge in [-0.1, -0.05) is 23.7 Å². The van der Waals surface area contributed by atoms with E-state index in [0.29, 0.717) is 10.6 Å². The zero-order valence-electron chi connectivity index (χ0n) is 7.00. The average molecular weight is 193 g/mol. The van der Waals surface area contributed by atoms with Crippen LogP contribution in [0.3, 0.4) is 0 Å². The number of hydrogen-bond donors (Lipinski definition) is 1. The summed E-state index contributed by atoms with van der Waals surface area (Å²) in [6, 6.07) is 6.86. The molecular formula is C10H9ClN2. The molecular weight excluding hydrogens is 184 g/mol. The van der Waals surface area contributed by atoms with Gasteiger partial charge in [-0.25, -0.2) is 0 Å². The lowest BCUT2D eigenvalue weighted by Gasteiger charge is -2.06. The summed E-state index contributed by atoms with van der Waals surface area (Å²) in [5, 5.41) is 9.05. The van der Waals surface area contributed by atoms with Crippen molar-refractivity contribution < 1.29 is 0 Å². The first kappa shape index (κ1) is 9.79. The fourth-order valence-electron chi connectivity index (χ4n) is 0.965. The largest absolute Gasteiger partial charge is 0.321 e. The molecule has 0 fully saturated rings. The van der Waals surface area contributed by atoms with Gasteiger partial charge in [-0.15, -0.1) is 6.58 Å². The normalized spacial score (nSPS) is 11.8. The van der Waals surface area contributed by atoms with Gasteiger partial charge >= 0.3 is 0 Å². The Bertz CT molecular complexity index is 366. The number of nitrogens with two attached hydrogens (primary N) is 1. The minimum Gasteiger partial charge on any atom is -0.321 e. The van der Waals surface area contributed by atoms with Gasteiger partial charge in [0, 0.05) is 6.04 Å². The molecule has 0 bridgehead atoms. The Morgan fingerprint density at radius 3 is 2.77 bits per heavy atom. The number of hydrogen-bond acceptors (Lipinski definition) is 2. The van der Waals surface area contributed by atoms with Crippen LogP contribution in [-0.4, -0.2) is 0 Å². The predicted octanol–water partition coefficient (Wildman–Crippen LogP) is 2.40. The Kier molecular flexibility index (Phi) is 3.07. The SMILES string of the molecule is C=C[C@H](N)c1ccc(C#N)c(Cl)c1. The third-order valence-electron chi connectivity index (χ3n) is 1.75. The summed E-state index contributed by atoms with van der Waals surface area (Å²) < 4.78 is 0. The van der Waals surface area contributed by atoms with Crippen molar-refractivity contribution in [2.24, 2.45) is 5.73 Å². The van der Waals surface area contributed by atoms with E-state index >= 15 is 0 Å². The van der Waals surface area contributed by atoms with Crippen LogP contribution in [-0.2, 0) is 0 Å². The lowest BCUT2D eigenvalue weighted by atomic mass is 10.1. The molecule has 13 heavy (non-hydrogen) atoms. The molecule has 66 valence electrons. The van der Waals surface area contributed by atoms with E-state index in [9.17, 15) is 0 Å². The highest BCUT2D eigenvalue weighted by atomic mass is 35.5. The molecule has 0 amide bonds. The third kappa shape index (κ3) is 2.09. The molecule has 0 aliphatic heterocycles. The van der Waals surface area contributed by atoms with E-state index in [0.717, 1.165) is 5.56 Å². The Morgan fingerprint density at radius 1 is 1.62 bits per heavy atom. The lowest BCUT2D eigenvalue weighted by Crippen LogP contribution is -2.06. The molecule has 1 rings (SSSR count). The number of nitrogens with zero attached hydrogens (tertiary/aromatic N) is 1. The monoisotopic (exact) mass is 192 g/mol. The van der Waals surface area contributed by atoms with Crippen molar-refractivity contribution in [2.45, 2.75) is 6.04 Å². The molecule has 0 unspecified atom stereocenters. The summed E-state index contributed by atoms with van der Waals surface area (Å²) >= 11 is 5.82. The van der Waals surface area contributed by atoms with Gasteiger partial charge in [0.25, 0.3) is 0 Å². The third-order valence-corrected chi connectivity index (χ3v) is 2.07. The molecule has 0 aliphatic carbocycles. The van der Waals surface area contributed by atoms with Crippen LogP contribution in [0, 0.1) is 11.3 Å². The van der Waals surface area contributed by atoms with Crippen molar-refractivity contribution >= 4 is 11.6 Å². The number of rotatable bonds is 2. The van der Waals surface area contributed by atoms with Crippen LogP contribution in [0.4, 0.5) is 0 Å². The van der Waals surface area contributed by atoms with Crippen molar-refractivity contribution in [3.8, 4) is 6.07 Å². The van der Waals surface area contributed by atoms with Gasteiger partial charge in [0.2, 0.25) is 0 Å². The first-order valence-electron chi connectivity index (χ1n) is 3.76. The smallest absolute Gasteiger partial charge is 0.101 e. The van der Waals surface area contributed by atoms with Gasteiger partial charge in [0.1, 0.15) is 6.07 Å². The molecule has 0 spiro atoms. The van der Waals surface area contributed by atoms with E-state index in [1.165, 1.54) is 0 Å². The minimum absolute atomic E-state index is 0.231. The first-order valence-corrected chi connectivity index (χ1v) is 4.14. The maximum atomic E-state index is 8.62. The Balaban J connectivity index is 3.11. The predicted molar refractivity (Wildman–Crippen MR) is 53.3 cm³/mol. The molecule has 0 radical (unpaired) electrons. The van der Waals surface area contributed by atoms with E-state index < -0.39 is 0 Å². The van der Waals surface area contributed by atoms with E-state index in [4.69, 9.17) is 22.6 Å². The fourth-order valence-corrected chi connectivity index (χ4v) is 1.20. The highest BCUT2D eigenvalue weighted by molar-refractivity contribution is 6.31. The molecule has 0 saturated carbocycles. The van der Waals surface area contributed by atoms with Gasteiger partial charge in [0.05, 0.1) is 10.6 Å². The molecule has 1 aromatic rings. The maximum Gasteiger partial charge on any atom is 0.101 e. The van der Waals surface area contributed by atoms with E-state index in [-0.39, 0.29) is 6.04 Å². The molecule has 0 heterocycles. The summed E-state index contributed by atoms with van der Waals surface area (Å²) in [4.78, 5) is 0. The number of nitriles is 1. The Hall–Kier alpha value is -1.30. The molecule has 0 aliphatic rings. The van der Waals surface area contributed by atoms with Crippen molar-refractivity contribution in [1.82, 2.24) is 0 Å². The van der Waals surface area contributed by atoms with Crippen molar-refractivity contribution in [3.63, 3.8) is 0 Å². The number of benzene rings is 1. The highest BCUT2D eigenvalue weighted by Gasteiger charge is 2.04. The molecule has 0 aromatic heterocycles. The zero-order chi connectivity index (χ0) is 9.84. The van der Waals surface area contributed by atoms with Crippen molar-refractivity contribution in [2.75, 3.05) is 0 Å². The molecule has 0 saturated heterocycles. The summed E-state index contributed by atoms with van der Waals surface area (Å²) in [6.45, 7) is 3.58. The van der Waals surface area contributed by atoms with Gasteiger partial charge < -0.3 is 5.73 Å². The van der Waals surface area contributed by atoms with Gasteiger partial charge in [-0.3, -0.25) is 0 Å². The van der Waals surface area contributed by atoms with Crippen LogP contribution in [0.2, 0.25) is 5.02 Å².